The fraction of sp³-hybridized carbons (Fsp3) is 0.391. The number of aromatic nitrogens is 2. The van der Waals surface area contributed by atoms with Crippen molar-refractivity contribution in [1.29, 1.82) is 0 Å². The maximum atomic E-state index is 5.28. The molecule has 0 unspecified atom stereocenters. The molecule has 0 atom stereocenters. The van der Waals surface area contributed by atoms with E-state index in [1.807, 2.05) is 43.4 Å². The average molecular weight is 392 g/mol. The summed E-state index contributed by atoms with van der Waals surface area (Å²) >= 11 is 0. The van der Waals surface area contributed by atoms with Gasteiger partial charge in [0.2, 0.25) is 0 Å². The minimum Gasteiger partial charge on any atom is -0.497 e. The summed E-state index contributed by atoms with van der Waals surface area (Å²) in [5, 5.41) is 8.04. The second kappa shape index (κ2) is 9.20. The van der Waals surface area contributed by atoms with Gasteiger partial charge in [0.15, 0.2) is 0 Å². The third-order valence-electron chi connectivity index (χ3n) is 5.58. The van der Waals surface area contributed by atoms with E-state index < -0.39 is 0 Å². The van der Waals surface area contributed by atoms with Crippen LogP contribution in [0.5, 0.6) is 5.75 Å². The molecule has 4 rings (SSSR count). The van der Waals surface area contributed by atoms with Crippen LogP contribution in [0.1, 0.15) is 18.7 Å². The zero-order valence-corrected chi connectivity index (χ0v) is 17.2. The number of ether oxygens (including phenoxy) is 1. The molecule has 6 heteroatoms. The average Bonchev–Trinajstić information content (AvgIpc) is 2.79. The van der Waals surface area contributed by atoms with Gasteiger partial charge in [-0.25, -0.2) is 9.97 Å². The number of methoxy groups -OCH3 is 1. The van der Waals surface area contributed by atoms with Crippen LogP contribution in [0.15, 0.2) is 48.5 Å². The van der Waals surface area contributed by atoms with Crippen molar-refractivity contribution >= 4 is 22.4 Å². The zero-order valence-electron chi connectivity index (χ0n) is 17.2. The molecular weight excluding hydrogens is 362 g/mol. The SMILES string of the molecule is COc1ccc(N(C)c2nc(CNCC3CCNCC3)nc3ccccc23)cc1. The van der Waals surface area contributed by atoms with Crippen LogP contribution in [0.4, 0.5) is 11.5 Å². The Bertz CT molecular complexity index is 938. The van der Waals surface area contributed by atoms with Crippen molar-refractivity contribution in [2.24, 2.45) is 5.92 Å². The van der Waals surface area contributed by atoms with Crippen molar-refractivity contribution < 1.29 is 4.74 Å². The van der Waals surface area contributed by atoms with Gasteiger partial charge in [-0.05, 0) is 74.8 Å². The summed E-state index contributed by atoms with van der Waals surface area (Å²) in [4.78, 5) is 11.8. The van der Waals surface area contributed by atoms with Crippen molar-refractivity contribution in [3.05, 3.63) is 54.4 Å². The lowest BCUT2D eigenvalue weighted by Crippen LogP contribution is -2.33. The Hall–Kier alpha value is -2.70. The molecule has 1 aliphatic rings. The van der Waals surface area contributed by atoms with E-state index in [2.05, 4.69) is 27.7 Å². The van der Waals surface area contributed by atoms with Crippen molar-refractivity contribution in [1.82, 2.24) is 20.6 Å². The lowest BCUT2D eigenvalue weighted by molar-refractivity contribution is 0.355. The number of piperidine rings is 1. The van der Waals surface area contributed by atoms with E-state index in [4.69, 9.17) is 14.7 Å². The fourth-order valence-corrected chi connectivity index (χ4v) is 3.84. The summed E-state index contributed by atoms with van der Waals surface area (Å²) in [6.07, 6.45) is 2.47. The summed E-state index contributed by atoms with van der Waals surface area (Å²) < 4.78 is 5.28. The molecule has 1 aliphatic heterocycles. The first kappa shape index (κ1) is 19.6. The molecule has 2 N–H and O–H groups in total. The number of nitrogens with zero attached hydrogens (tertiary/aromatic N) is 3. The smallest absolute Gasteiger partial charge is 0.145 e. The van der Waals surface area contributed by atoms with E-state index in [0.29, 0.717) is 6.54 Å². The van der Waals surface area contributed by atoms with E-state index in [0.717, 1.165) is 59.5 Å². The van der Waals surface area contributed by atoms with Crippen LogP contribution in [-0.4, -0.2) is 43.8 Å². The molecule has 2 heterocycles. The summed E-state index contributed by atoms with van der Waals surface area (Å²) in [5.41, 5.74) is 2.03. The van der Waals surface area contributed by atoms with E-state index in [-0.39, 0.29) is 0 Å². The molecule has 1 saturated heterocycles. The predicted octanol–water partition coefficient (Wildman–Crippen LogP) is 3.50. The Morgan fingerprint density at radius 3 is 2.59 bits per heavy atom. The third kappa shape index (κ3) is 4.66. The van der Waals surface area contributed by atoms with Gasteiger partial charge in [0.1, 0.15) is 17.4 Å². The third-order valence-corrected chi connectivity index (χ3v) is 5.58. The summed E-state index contributed by atoms with van der Waals surface area (Å²) in [5.74, 6) is 3.32. The van der Waals surface area contributed by atoms with Crippen LogP contribution < -0.4 is 20.3 Å². The molecule has 0 saturated carbocycles. The minimum absolute atomic E-state index is 0.679. The number of rotatable bonds is 7. The largest absolute Gasteiger partial charge is 0.497 e. The molecule has 29 heavy (non-hydrogen) atoms. The van der Waals surface area contributed by atoms with Gasteiger partial charge >= 0.3 is 0 Å². The highest BCUT2D eigenvalue weighted by molar-refractivity contribution is 5.91. The summed E-state index contributed by atoms with van der Waals surface area (Å²) in [6.45, 7) is 3.94. The molecule has 0 spiro atoms. The first-order valence-electron chi connectivity index (χ1n) is 10.3. The fourth-order valence-electron chi connectivity index (χ4n) is 3.84. The predicted molar refractivity (Wildman–Crippen MR) is 118 cm³/mol. The van der Waals surface area contributed by atoms with Gasteiger partial charge in [0.25, 0.3) is 0 Å². The van der Waals surface area contributed by atoms with Crippen molar-refractivity contribution in [2.45, 2.75) is 19.4 Å². The van der Waals surface area contributed by atoms with E-state index in [1.165, 1.54) is 12.8 Å². The molecule has 0 radical (unpaired) electrons. The first-order valence-corrected chi connectivity index (χ1v) is 10.3. The molecule has 3 aromatic rings. The lowest BCUT2D eigenvalue weighted by Gasteiger charge is -2.23. The van der Waals surface area contributed by atoms with Crippen molar-refractivity contribution in [3.8, 4) is 5.75 Å². The highest BCUT2D eigenvalue weighted by Gasteiger charge is 2.15. The van der Waals surface area contributed by atoms with Gasteiger partial charge in [0.05, 0.1) is 19.2 Å². The zero-order chi connectivity index (χ0) is 20.1. The molecule has 0 aliphatic carbocycles. The highest BCUT2D eigenvalue weighted by atomic mass is 16.5. The van der Waals surface area contributed by atoms with Crippen LogP contribution >= 0.6 is 0 Å². The van der Waals surface area contributed by atoms with E-state index >= 15 is 0 Å². The number of para-hydroxylation sites is 1. The molecule has 6 nitrogen and oxygen atoms in total. The number of benzene rings is 2. The van der Waals surface area contributed by atoms with Crippen LogP contribution in [0.3, 0.4) is 0 Å². The van der Waals surface area contributed by atoms with Gasteiger partial charge in [-0.15, -0.1) is 0 Å². The second-order valence-electron chi connectivity index (χ2n) is 7.56. The molecule has 1 aromatic heterocycles. The van der Waals surface area contributed by atoms with Crippen LogP contribution in [0.25, 0.3) is 10.9 Å². The molecule has 0 bridgehead atoms. The Labute approximate surface area is 172 Å². The van der Waals surface area contributed by atoms with Gasteiger partial charge in [-0.2, -0.15) is 0 Å². The van der Waals surface area contributed by atoms with Gasteiger partial charge in [-0.3, -0.25) is 0 Å². The second-order valence-corrected chi connectivity index (χ2v) is 7.56. The van der Waals surface area contributed by atoms with E-state index in [1.54, 1.807) is 7.11 Å². The lowest BCUT2D eigenvalue weighted by atomic mass is 9.98. The maximum absolute atomic E-state index is 5.28. The van der Waals surface area contributed by atoms with Crippen LogP contribution in [-0.2, 0) is 6.54 Å². The molecule has 2 aromatic carbocycles. The van der Waals surface area contributed by atoms with Crippen molar-refractivity contribution in [3.63, 3.8) is 0 Å². The Balaban J connectivity index is 1.56. The number of fused-ring (bicyclic) bond motifs is 1. The summed E-state index contributed by atoms with van der Waals surface area (Å²) in [7, 11) is 3.72. The standard InChI is InChI=1S/C23H29N5O/c1-28(18-7-9-19(29-2)10-8-18)23-20-5-3-4-6-21(20)26-22(27-23)16-25-15-17-11-13-24-14-12-17/h3-10,17,24-25H,11-16H2,1-2H3. The van der Waals surface area contributed by atoms with E-state index in [9.17, 15) is 0 Å². The molecular formula is C23H29N5O. The number of anilines is 2. The molecule has 152 valence electrons. The molecule has 1 fully saturated rings. The van der Waals surface area contributed by atoms with Crippen LogP contribution in [0.2, 0.25) is 0 Å². The topological polar surface area (TPSA) is 62.3 Å². The van der Waals surface area contributed by atoms with Crippen molar-refractivity contribution in [2.75, 3.05) is 38.7 Å². The normalized spacial score (nSPS) is 14.8. The Morgan fingerprint density at radius 1 is 1.07 bits per heavy atom. The number of hydrogen-bond acceptors (Lipinski definition) is 6. The van der Waals surface area contributed by atoms with Gasteiger partial charge in [0, 0.05) is 18.1 Å². The van der Waals surface area contributed by atoms with Gasteiger partial charge < -0.3 is 20.3 Å². The van der Waals surface area contributed by atoms with Gasteiger partial charge in [-0.1, -0.05) is 12.1 Å². The Kier molecular flexibility index (Phi) is 6.22. The highest BCUT2D eigenvalue weighted by Crippen LogP contribution is 2.29. The van der Waals surface area contributed by atoms with Crippen LogP contribution in [0, 0.1) is 5.92 Å². The number of hydrogen-bond donors (Lipinski definition) is 2. The summed E-state index contributed by atoms with van der Waals surface area (Å²) in [6, 6.07) is 16.2. The maximum Gasteiger partial charge on any atom is 0.145 e. The quantitative estimate of drug-likeness (QED) is 0.643. The first-order chi connectivity index (χ1) is 14.2. The monoisotopic (exact) mass is 391 g/mol. The molecule has 0 amide bonds. The Morgan fingerprint density at radius 2 is 1.83 bits per heavy atom. The minimum atomic E-state index is 0.679. The number of nitrogens with one attached hydrogen (secondary N) is 2.